The lowest BCUT2D eigenvalue weighted by Gasteiger charge is -2.22. The number of hydrogen-bond donors (Lipinski definition) is 2. The Morgan fingerprint density at radius 1 is 1.31 bits per heavy atom. The Bertz CT molecular complexity index is 263. The molecule has 2 fully saturated rings. The summed E-state index contributed by atoms with van der Waals surface area (Å²) in [4.78, 5) is 11.4. The zero-order chi connectivity index (χ0) is 11.6. The van der Waals surface area contributed by atoms with E-state index in [1.54, 1.807) is 0 Å². The Morgan fingerprint density at radius 3 is 2.81 bits per heavy atom. The molecule has 0 aromatic rings. The van der Waals surface area contributed by atoms with Crippen LogP contribution in [0.15, 0.2) is 0 Å². The van der Waals surface area contributed by atoms with Crippen LogP contribution in [0.4, 0.5) is 0 Å². The van der Waals surface area contributed by atoms with Crippen molar-refractivity contribution in [3.63, 3.8) is 0 Å². The molecule has 2 rings (SSSR count). The second kappa shape index (κ2) is 4.74. The quantitative estimate of drug-likeness (QED) is 0.751. The highest BCUT2D eigenvalue weighted by molar-refractivity contribution is 5.76. The van der Waals surface area contributed by atoms with Crippen LogP contribution in [0.5, 0.6) is 0 Å². The third-order valence-electron chi connectivity index (χ3n) is 3.92. The van der Waals surface area contributed by atoms with Crippen LogP contribution in [-0.2, 0) is 4.79 Å². The van der Waals surface area contributed by atoms with E-state index < -0.39 is 0 Å². The molecule has 2 N–H and O–H groups in total. The molecule has 0 aromatic carbocycles. The Labute approximate surface area is 98.4 Å². The molecule has 1 aliphatic heterocycles. The Kier molecular flexibility index (Phi) is 3.53. The van der Waals surface area contributed by atoms with Gasteiger partial charge in [0.05, 0.1) is 0 Å². The molecule has 1 amide bonds. The van der Waals surface area contributed by atoms with E-state index in [0.29, 0.717) is 23.9 Å². The molecule has 0 bridgehead atoms. The molecule has 1 saturated heterocycles. The molecule has 0 radical (unpaired) electrons. The van der Waals surface area contributed by atoms with E-state index in [-0.39, 0.29) is 5.91 Å². The van der Waals surface area contributed by atoms with E-state index in [2.05, 4.69) is 24.5 Å². The molecule has 1 aliphatic carbocycles. The van der Waals surface area contributed by atoms with Gasteiger partial charge >= 0.3 is 0 Å². The summed E-state index contributed by atoms with van der Waals surface area (Å²) in [5.74, 6) is 0.215. The third kappa shape index (κ3) is 3.21. The van der Waals surface area contributed by atoms with E-state index in [4.69, 9.17) is 0 Å². The molecule has 16 heavy (non-hydrogen) atoms. The first-order valence-electron chi connectivity index (χ1n) is 6.58. The van der Waals surface area contributed by atoms with Crippen LogP contribution in [0.3, 0.4) is 0 Å². The zero-order valence-corrected chi connectivity index (χ0v) is 10.5. The zero-order valence-electron chi connectivity index (χ0n) is 10.5. The van der Waals surface area contributed by atoms with Gasteiger partial charge in [-0.3, -0.25) is 4.79 Å². The smallest absolute Gasteiger partial charge is 0.221 e. The van der Waals surface area contributed by atoms with E-state index in [0.717, 1.165) is 19.4 Å². The van der Waals surface area contributed by atoms with Crippen LogP contribution in [0.2, 0.25) is 0 Å². The van der Waals surface area contributed by atoms with Crippen LogP contribution < -0.4 is 10.6 Å². The van der Waals surface area contributed by atoms with Crippen molar-refractivity contribution in [1.29, 1.82) is 0 Å². The maximum Gasteiger partial charge on any atom is 0.221 e. The molecular formula is C13H24N2O. The maximum atomic E-state index is 11.4. The van der Waals surface area contributed by atoms with Crippen molar-refractivity contribution in [1.82, 2.24) is 10.6 Å². The number of nitrogens with one attached hydrogen (secondary N) is 2. The van der Waals surface area contributed by atoms with E-state index >= 15 is 0 Å². The molecule has 1 heterocycles. The molecule has 2 atom stereocenters. The van der Waals surface area contributed by atoms with Gasteiger partial charge in [0.2, 0.25) is 5.91 Å². The summed E-state index contributed by atoms with van der Waals surface area (Å²) in [6.07, 6.45) is 6.74. The van der Waals surface area contributed by atoms with Gasteiger partial charge in [-0.25, -0.2) is 0 Å². The average Bonchev–Trinajstić information content (AvgIpc) is 2.41. The SMILES string of the molecule is CC1(C)CCC(NC2CCCNC(=O)C2)C1. The Balaban J connectivity index is 1.82. The Morgan fingerprint density at radius 2 is 2.12 bits per heavy atom. The van der Waals surface area contributed by atoms with Crippen molar-refractivity contribution in [2.75, 3.05) is 6.54 Å². The molecule has 3 nitrogen and oxygen atoms in total. The van der Waals surface area contributed by atoms with Crippen LogP contribution in [0.1, 0.15) is 52.4 Å². The molecule has 3 heteroatoms. The van der Waals surface area contributed by atoms with Crippen molar-refractivity contribution < 1.29 is 4.79 Å². The number of amides is 1. The predicted molar refractivity (Wildman–Crippen MR) is 65.2 cm³/mol. The van der Waals surface area contributed by atoms with Gasteiger partial charge in [-0.15, -0.1) is 0 Å². The molecule has 0 spiro atoms. The largest absolute Gasteiger partial charge is 0.356 e. The highest BCUT2D eigenvalue weighted by atomic mass is 16.1. The fraction of sp³-hybridized carbons (Fsp3) is 0.923. The van der Waals surface area contributed by atoms with Crippen molar-refractivity contribution in [2.24, 2.45) is 5.41 Å². The minimum atomic E-state index is 0.215. The van der Waals surface area contributed by atoms with Gasteiger partial charge in [0.1, 0.15) is 0 Å². The third-order valence-corrected chi connectivity index (χ3v) is 3.92. The van der Waals surface area contributed by atoms with Gasteiger partial charge in [0.15, 0.2) is 0 Å². The lowest BCUT2D eigenvalue weighted by atomic mass is 9.91. The van der Waals surface area contributed by atoms with Gasteiger partial charge in [-0.1, -0.05) is 13.8 Å². The highest BCUT2D eigenvalue weighted by Crippen LogP contribution is 2.37. The van der Waals surface area contributed by atoms with Crippen molar-refractivity contribution in [2.45, 2.75) is 64.5 Å². The minimum absolute atomic E-state index is 0.215. The standard InChI is InChI=1S/C13H24N2O/c1-13(2)6-5-11(9-13)15-10-4-3-7-14-12(16)8-10/h10-11,15H,3-9H2,1-2H3,(H,14,16). The van der Waals surface area contributed by atoms with Crippen molar-refractivity contribution in [3.05, 3.63) is 0 Å². The fourth-order valence-electron chi connectivity index (χ4n) is 3.03. The summed E-state index contributed by atoms with van der Waals surface area (Å²) in [5, 5.41) is 6.62. The first-order valence-corrected chi connectivity index (χ1v) is 6.58. The summed E-state index contributed by atoms with van der Waals surface area (Å²) in [6, 6.07) is 1.03. The fourth-order valence-corrected chi connectivity index (χ4v) is 3.03. The molecule has 2 aliphatic rings. The second-order valence-corrected chi connectivity index (χ2v) is 6.16. The first-order chi connectivity index (χ1) is 7.55. The number of carbonyl (C=O) groups is 1. The lowest BCUT2D eigenvalue weighted by molar-refractivity contribution is -0.121. The van der Waals surface area contributed by atoms with Crippen LogP contribution >= 0.6 is 0 Å². The maximum absolute atomic E-state index is 11.4. The Hall–Kier alpha value is -0.570. The predicted octanol–water partition coefficient (Wildman–Crippen LogP) is 1.82. The van der Waals surface area contributed by atoms with Gasteiger partial charge < -0.3 is 10.6 Å². The normalized spacial score (nSPS) is 34.5. The van der Waals surface area contributed by atoms with Crippen LogP contribution in [0.25, 0.3) is 0 Å². The summed E-state index contributed by atoms with van der Waals surface area (Å²) in [6.45, 7) is 5.54. The van der Waals surface area contributed by atoms with Gasteiger partial charge in [0, 0.05) is 25.0 Å². The number of carbonyl (C=O) groups excluding carboxylic acids is 1. The van der Waals surface area contributed by atoms with E-state index in [1.807, 2.05) is 0 Å². The monoisotopic (exact) mass is 224 g/mol. The number of hydrogen-bond acceptors (Lipinski definition) is 2. The first kappa shape index (κ1) is 11.9. The molecule has 92 valence electrons. The van der Waals surface area contributed by atoms with Gasteiger partial charge in [-0.05, 0) is 37.5 Å². The van der Waals surface area contributed by atoms with E-state index in [1.165, 1.54) is 19.3 Å². The van der Waals surface area contributed by atoms with Crippen molar-refractivity contribution in [3.8, 4) is 0 Å². The lowest BCUT2D eigenvalue weighted by Crippen LogP contribution is -2.39. The van der Waals surface area contributed by atoms with Crippen LogP contribution in [-0.4, -0.2) is 24.5 Å². The molecule has 2 unspecified atom stereocenters. The topological polar surface area (TPSA) is 41.1 Å². The molecular weight excluding hydrogens is 200 g/mol. The highest BCUT2D eigenvalue weighted by Gasteiger charge is 2.32. The summed E-state index contributed by atoms with van der Waals surface area (Å²) < 4.78 is 0. The minimum Gasteiger partial charge on any atom is -0.356 e. The van der Waals surface area contributed by atoms with Gasteiger partial charge in [-0.2, -0.15) is 0 Å². The summed E-state index contributed by atoms with van der Waals surface area (Å²) >= 11 is 0. The second-order valence-electron chi connectivity index (χ2n) is 6.16. The van der Waals surface area contributed by atoms with Crippen LogP contribution in [0, 0.1) is 5.41 Å². The van der Waals surface area contributed by atoms with E-state index in [9.17, 15) is 4.79 Å². The summed E-state index contributed by atoms with van der Waals surface area (Å²) in [7, 11) is 0. The van der Waals surface area contributed by atoms with Crippen molar-refractivity contribution >= 4 is 5.91 Å². The van der Waals surface area contributed by atoms with Gasteiger partial charge in [0.25, 0.3) is 0 Å². The average molecular weight is 224 g/mol. The molecule has 0 aromatic heterocycles. The molecule has 1 saturated carbocycles. The summed E-state index contributed by atoms with van der Waals surface area (Å²) in [5.41, 5.74) is 0.491. The number of rotatable bonds is 2.